The Hall–Kier alpha value is -2.80. The summed E-state index contributed by atoms with van der Waals surface area (Å²) in [6, 6.07) is 6.28. The Morgan fingerprint density at radius 1 is 1.30 bits per heavy atom. The molecule has 0 saturated carbocycles. The van der Waals surface area contributed by atoms with Gasteiger partial charge in [0.05, 0.1) is 17.1 Å². The molecule has 0 N–H and O–H groups in total. The van der Waals surface area contributed by atoms with Crippen molar-refractivity contribution in [3.05, 3.63) is 62.0 Å². The van der Waals surface area contributed by atoms with Crippen LogP contribution in [0.3, 0.4) is 0 Å². The van der Waals surface area contributed by atoms with Gasteiger partial charge in [0.15, 0.2) is 0 Å². The summed E-state index contributed by atoms with van der Waals surface area (Å²) in [6.45, 7) is 2.14. The monoisotopic (exact) mass is 384 g/mol. The minimum Gasteiger partial charge on any atom is -0.462 e. The van der Waals surface area contributed by atoms with Crippen molar-refractivity contribution in [1.29, 1.82) is 0 Å². The van der Waals surface area contributed by atoms with Gasteiger partial charge in [0.1, 0.15) is 5.00 Å². The molecule has 140 valence electrons. The van der Waals surface area contributed by atoms with Crippen LogP contribution in [0.15, 0.2) is 35.3 Å². The van der Waals surface area contributed by atoms with Gasteiger partial charge in [-0.2, -0.15) is 0 Å². The highest BCUT2D eigenvalue weighted by atomic mass is 32.1. The van der Waals surface area contributed by atoms with E-state index in [2.05, 4.69) is 4.99 Å². The number of rotatable bonds is 6. The molecule has 0 spiro atoms. The number of aryl methyl sites for hydroxylation is 1. The van der Waals surface area contributed by atoms with Crippen molar-refractivity contribution < 1.29 is 14.5 Å². The van der Waals surface area contributed by atoms with E-state index in [0.717, 1.165) is 36.8 Å². The number of fused-ring (bicyclic) bond motifs is 1. The Bertz CT molecular complexity index is 897. The lowest BCUT2D eigenvalue weighted by atomic mass is 9.95. The van der Waals surface area contributed by atoms with Gasteiger partial charge in [-0.15, -0.1) is 11.3 Å². The zero-order valence-electron chi connectivity index (χ0n) is 15.0. The smallest absolute Gasteiger partial charge is 0.341 e. The molecule has 0 amide bonds. The van der Waals surface area contributed by atoms with E-state index in [1.54, 1.807) is 42.7 Å². The quantitative estimate of drug-likeness (QED) is 0.299. The minimum atomic E-state index is -0.426. The van der Waals surface area contributed by atoms with Crippen molar-refractivity contribution in [2.45, 2.75) is 32.6 Å². The number of hydrogen-bond acceptors (Lipinski definition) is 6. The number of hydrogen-bond donors (Lipinski definition) is 0. The first kappa shape index (κ1) is 19.0. The normalized spacial score (nSPS) is 13.8. The second-order valence-electron chi connectivity index (χ2n) is 6.10. The number of benzene rings is 1. The molecule has 0 bridgehead atoms. The van der Waals surface area contributed by atoms with E-state index >= 15 is 0 Å². The number of nitro groups is 1. The molecule has 7 heteroatoms. The number of non-ortho nitro benzene ring substituents is 1. The molecule has 27 heavy (non-hydrogen) atoms. The largest absolute Gasteiger partial charge is 0.462 e. The van der Waals surface area contributed by atoms with Gasteiger partial charge in [-0.3, -0.25) is 10.1 Å². The third-order valence-electron chi connectivity index (χ3n) is 4.30. The molecule has 1 aromatic heterocycles. The van der Waals surface area contributed by atoms with Gasteiger partial charge in [-0.25, -0.2) is 9.79 Å². The van der Waals surface area contributed by atoms with Crippen LogP contribution in [-0.4, -0.2) is 23.7 Å². The minimum absolute atomic E-state index is 0.0593. The molecule has 0 atom stereocenters. The fourth-order valence-electron chi connectivity index (χ4n) is 3.03. The van der Waals surface area contributed by atoms with Crippen molar-refractivity contribution in [3.63, 3.8) is 0 Å². The molecular weight excluding hydrogens is 364 g/mol. The number of esters is 1. The van der Waals surface area contributed by atoms with Crippen molar-refractivity contribution in [1.82, 2.24) is 0 Å². The maximum absolute atomic E-state index is 12.4. The number of nitro benzene ring substituents is 1. The first-order valence-corrected chi connectivity index (χ1v) is 9.68. The SMILES string of the molecule is CCOC(=O)c1c(N=CC=Cc2ccc([N+](=O)[O-])cc2)sc2c1CCCC2. The molecule has 0 aliphatic heterocycles. The lowest BCUT2D eigenvalue weighted by molar-refractivity contribution is -0.384. The number of carbonyl (C=O) groups excluding carboxylic acids is 1. The zero-order valence-corrected chi connectivity index (χ0v) is 15.8. The van der Waals surface area contributed by atoms with E-state index in [0.29, 0.717) is 17.2 Å². The van der Waals surface area contributed by atoms with E-state index < -0.39 is 4.92 Å². The first-order valence-electron chi connectivity index (χ1n) is 8.87. The van der Waals surface area contributed by atoms with Gasteiger partial charge in [0.25, 0.3) is 5.69 Å². The molecule has 1 aromatic carbocycles. The zero-order chi connectivity index (χ0) is 19.2. The third kappa shape index (κ3) is 4.49. The predicted molar refractivity (Wildman–Crippen MR) is 107 cm³/mol. The van der Waals surface area contributed by atoms with Crippen LogP contribution in [0.25, 0.3) is 6.08 Å². The van der Waals surface area contributed by atoms with Crippen LogP contribution in [0.1, 0.15) is 46.1 Å². The Morgan fingerprint density at radius 3 is 2.74 bits per heavy atom. The molecule has 2 aromatic rings. The van der Waals surface area contributed by atoms with E-state index in [1.807, 2.05) is 6.08 Å². The molecule has 0 unspecified atom stereocenters. The standard InChI is InChI=1S/C20H20N2O4S/c1-2-26-20(23)18-16-7-3-4-8-17(16)27-19(18)21-13-5-6-14-9-11-15(12-10-14)22(24)25/h5-6,9-13H,2-4,7-8H2,1H3. The van der Waals surface area contributed by atoms with Crippen molar-refractivity contribution in [2.75, 3.05) is 6.61 Å². The van der Waals surface area contributed by atoms with Crippen LogP contribution < -0.4 is 0 Å². The maximum Gasteiger partial charge on any atom is 0.341 e. The summed E-state index contributed by atoms with van der Waals surface area (Å²) in [5, 5.41) is 11.4. The molecule has 1 aliphatic rings. The van der Waals surface area contributed by atoms with Crippen LogP contribution in [-0.2, 0) is 17.6 Å². The van der Waals surface area contributed by atoms with Gasteiger partial charge < -0.3 is 4.74 Å². The fraction of sp³-hybridized carbons (Fsp3) is 0.300. The van der Waals surface area contributed by atoms with Gasteiger partial charge in [-0.05, 0) is 61.9 Å². The van der Waals surface area contributed by atoms with Crippen LogP contribution in [0, 0.1) is 10.1 Å². The summed E-state index contributed by atoms with van der Waals surface area (Å²) >= 11 is 1.56. The summed E-state index contributed by atoms with van der Waals surface area (Å²) in [4.78, 5) is 28.3. The van der Waals surface area contributed by atoms with Crippen LogP contribution in [0.2, 0.25) is 0 Å². The molecule has 0 radical (unpaired) electrons. The number of carbonyl (C=O) groups is 1. The summed E-state index contributed by atoms with van der Waals surface area (Å²) in [6.07, 6.45) is 9.31. The van der Waals surface area contributed by atoms with E-state index in [9.17, 15) is 14.9 Å². The second-order valence-corrected chi connectivity index (χ2v) is 7.18. The molecule has 0 fully saturated rings. The molecule has 3 rings (SSSR count). The fourth-order valence-corrected chi connectivity index (χ4v) is 4.26. The number of ether oxygens (including phenoxy) is 1. The Kier molecular flexibility index (Phi) is 6.13. The third-order valence-corrected chi connectivity index (χ3v) is 5.50. The first-order chi connectivity index (χ1) is 13.1. The van der Waals surface area contributed by atoms with Crippen molar-refractivity contribution in [2.24, 2.45) is 4.99 Å². The summed E-state index contributed by atoms with van der Waals surface area (Å²) in [5.74, 6) is -0.302. The second kappa shape index (κ2) is 8.73. The van der Waals surface area contributed by atoms with E-state index in [4.69, 9.17) is 4.74 Å². The Balaban J connectivity index is 1.79. The van der Waals surface area contributed by atoms with Crippen LogP contribution in [0.4, 0.5) is 10.7 Å². The van der Waals surface area contributed by atoms with Crippen molar-refractivity contribution in [3.8, 4) is 0 Å². The average Bonchev–Trinajstić information content (AvgIpc) is 3.04. The lowest BCUT2D eigenvalue weighted by Crippen LogP contribution is -2.09. The van der Waals surface area contributed by atoms with Gasteiger partial charge in [0, 0.05) is 23.2 Å². The topological polar surface area (TPSA) is 81.8 Å². The number of aliphatic imine (C=N–C) groups is 1. The van der Waals surface area contributed by atoms with Crippen LogP contribution in [0.5, 0.6) is 0 Å². The number of nitrogens with zero attached hydrogens (tertiary/aromatic N) is 2. The predicted octanol–water partition coefficient (Wildman–Crippen LogP) is 5.13. The molecule has 0 saturated heterocycles. The lowest BCUT2D eigenvalue weighted by Gasteiger charge is -2.11. The highest BCUT2D eigenvalue weighted by Gasteiger charge is 2.25. The summed E-state index contributed by atoms with van der Waals surface area (Å²) in [5.41, 5.74) is 2.60. The number of thiophene rings is 1. The van der Waals surface area contributed by atoms with Gasteiger partial charge in [0.2, 0.25) is 0 Å². The van der Waals surface area contributed by atoms with Crippen LogP contribution >= 0.6 is 11.3 Å². The Labute approximate surface area is 161 Å². The highest BCUT2D eigenvalue weighted by molar-refractivity contribution is 7.16. The Morgan fingerprint density at radius 2 is 2.04 bits per heavy atom. The molecule has 1 heterocycles. The number of allylic oxidation sites excluding steroid dienone is 1. The maximum atomic E-state index is 12.4. The average molecular weight is 384 g/mol. The molecule has 1 aliphatic carbocycles. The van der Waals surface area contributed by atoms with Gasteiger partial charge in [-0.1, -0.05) is 6.08 Å². The highest BCUT2D eigenvalue weighted by Crippen LogP contribution is 2.40. The summed E-state index contributed by atoms with van der Waals surface area (Å²) < 4.78 is 5.22. The van der Waals surface area contributed by atoms with Crippen molar-refractivity contribution >= 4 is 40.3 Å². The van der Waals surface area contributed by atoms with E-state index in [-0.39, 0.29) is 11.7 Å². The van der Waals surface area contributed by atoms with E-state index in [1.165, 1.54) is 17.0 Å². The molecule has 6 nitrogen and oxygen atoms in total. The molecular formula is C20H20N2O4S. The summed E-state index contributed by atoms with van der Waals surface area (Å²) in [7, 11) is 0. The van der Waals surface area contributed by atoms with Gasteiger partial charge >= 0.3 is 5.97 Å².